The van der Waals surface area contributed by atoms with E-state index in [-0.39, 0.29) is 11.7 Å². The number of nitrogens with zero attached hydrogens (tertiary/aromatic N) is 2. The molecule has 0 saturated carbocycles. The summed E-state index contributed by atoms with van der Waals surface area (Å²) >= 11 is 0. The molecule has 1 heterocycles. The molecule has 0 unspecified atom stereocenters. The van der Waals surface area contributed by atoms with Crippen molar-refractivity contribution in [3.63, 3.8) is 0 Å². The lowest BCUT2D eigenvalue weighted by atomic mass is 9.99. The number of amides is 1. The summed E-state index contributed by atoms with van der Waals surface area (Å²) in [6.07, 6.45) is 0.302. The van der Waals surface area contributed by atoms with Crippen molar-refractivity contribution in [1.82, 2.24) is 13.9 Å². The molecule has 23 heavy (non-hydrogen) atoms. The molecule has 1 aliphatic heterocycles. The van der Waals surface area contributed by atoms with Gasteiger partial charge in [-0.2, -0.15) is 17.4 Å². The number of benzene rings is 1. The minimum atomic E-state index is -3.77. The molecule has 0 aromatic heterocycles. The number of hydrogen-bond donors (Lipinski definition) is 1. The molecule has 128 valence electrons. The zero-order chi connectivity index (χ0) is 17.2. The van der Waals surface area contributed by atoms with Crippen molar-refractivity contribution < 1.29 is 17.6 Å². The van der Waals surface area contributed by atoms with Crippen LogP contribution in [0.25, 0.3) is 0 Å². The Labute approximate surface area is 136 Å². The summed E-state index contributed by atoms with van der Waals surface area (Å²) in [7, 11) is -2.37. The van der Waals surface area contributed by atoms with Gasteiger partial charge < -0.3 is 4.90 Å². The van der Waals surface area contributed by atoms with Gasteiger partial charge in [-0.25, -0.2) is 4.39 Å². The van der Waals surface area contributed by atoms with Crippen LogP contribution in [0.3, 0.4) is 0 Å². The van der Waals surface area contributed by atoms with Gasteiger partial charge in [-0.3, -0.25) is 4.79 Å². The van der Waals surface area contributed by atoms with Crippen LogP contribution < -0.4 is 4.72 Å². The molecule has 1 fully saturated rings. The number of carbonyl (C=O) groups excluding carboxylic acids is 1. The second-order valence-electron chi connectivity index (χ2n) is 5.51. The first-order valence-corrected chi connectivity index (χ1v) is 9.03. The Bertz CT molecular complexity index is 659. The first-order chi connectivity index (χ1) is 10.8. The van der Waals surface area contributed by atoms with E-state index < -0.39 is 22.3 Å². The van der Waals surface area contributed by atoms with Crippen LogP contribution >= 0.6 is 0 Å². The Kier molecular flexibility index (Phi) is 5.38. The van der Waals surface area contributed by atoms with Gasteiger partial charge in [0.15, 0.2) is 0 Å². The van der Waals surface area contributed by atoms with Crippen molar-refractivity contribution in [2.45, 2.75) is 32.4 Å². The molecule has 1 aromatic carbocycles. The molecule has 1 aromatic rings. The lowest BCUT2D eigenvalue weighted by Gasteiger charge is -2.38. The lowest BCUT2D eigenvalue weighted by Crippen LogP contribution is -2.57. The molecule has 0 bridgehead atoms. The van der Waals surface area contributed by atoms with Gasteiger partial charge in [0.05, 0.1) is 0 Å². The quantitative estimate of drug-likeness (QED) is 0.895. The number of halogens is 1. The third-order valence-electron chi connectivity index (χ3n) is 4.20. The van der Waals surface area contributed by atoms with Gasteiger partial charge in [-0.05, 0) is 38.0 Å². The van der Waals surface area contributed by atoms with E-state index in [0.29, 0.717) is 25.1 Å². The maximum Gasteiger partial charge on any atom is 0.280 e. The third-order valence-corrected chi connectivity index (χ3v) is 5.80. The van der Waals surface area contributed by atoms with Crippen LogP contribution in [0.4, 0.5) is 4.39 Å². The number of nitrogens with one attached hydrogen (secondary N) is 1. The van der Waals surface area contributed by atoms with E-state index in [1.807, 2.05) is 13.8 Å². The van der Waals surface area contributed by atoms with E-state index in [1.54, 1.807) is 4.90 Å². The molecule has 0 aliphatic carbocycles. The van der Waals surface area contributed by atoms with Gasteiger partial charge in [-0.15, -0.1) is 0 Å². The van der Waals surface area contributed by atoms with Crippen molar-refractivity contribution in [1.29, 1.82) is 0 Å². The number of rotatable bonds is 4. The largest absolute Gasteiger partial charge is 0.342 e. The van der Waals surface area contributed by atoms with Crippen LogP contribution in [0.2, 0.25) is 0 Å². The van der Waals surface area contributed by atoms with Crippen LogP contribution in [-0.4, -0.2) is 49.7 Å². The molecule has 0 radical (unpaired) electrons. The highest BCUT2D eigenvalue weighted by molar-refractivity contribution is 7.87. The number of carbonyl (C=O) groups is 1. The van der Waals surface area contributed by atoms with Gasteiger partial charge in [0.25, 0.3) is 10.2 Å². The average Bonchev–Trinajstić information content (AvgIpc) is 2.51. The van der Waals surface area contributed by atoms with Crippen molar-refractivity contribution in [3.8, 4) is 0 Å². The molecule has 2 rings (SSSR count). The van der Waals surface area contributed by atoms with Crippen LogP contribution in [-0.2, 0) is 15.0 Å². The van der Waals surface area contributed by atoms with Crippen LogP contribution in [0.15, 0.2) is 24.3 Å². The predicted molar refractivity (Wildman–Crippen MR) is 85.3 cm³/mol. The Hall–Kier alpha value is -1.51. The summed E-state index contributed by atoms with van der Waals surface area (Å²) in [4.78, 5) is 14.2. The van der Waals surface area contributed by atoms with Crippen LogP contribution in [0.5, 0.6) is 0 Å². The van der Waals surface area contributed by atoms with E-state index in [1.165, 1.54) is 31.3 Å². The van der Waals surface area contributed by atoms with Gasteiger partial charge in [-0.1, -0.05) is 12.1 Å². The molecule has 1 saturated heterocycles. The second kappa shape index (κ2) is 6.94. The number of hydrogen-bond acceptors (Lipinski definition) is 3. The van der Waals surface area contributed by atoms with E-state index in [4.69, 9.17) is 0 Å². The third kappa shape index (κ3) is 3.70. The Morgan fingerprint density at radius 1 is 1.30 bits per heavy atom. The topological polar surface area (TPSA) is 69.7 Å². The molecule has 1 aliphatic rings. The zero-order valence-electron chi connectivity index (χ0n) is 13.5. The average molecular weight is 343 g/mol. The van der Waals surface area contributed by atoms with Crippen molar-refractivity contribution >= 4 is 16.1 Å². The van der Waals surface area contributed by atoms with Crippen LogP contribution in [0, 0.1) is 5.82 Å². The standard InChI is InChI=1S/C15H22FN3O3S/c1-4-19(5-2)15(20)14-10-13(17-23(21,22)18(14)3)11-6-8-12(16)9-7-11/h6-9,13-14,17H,4-5,10H2,1-3H3/t13-,14+/m0/s1. The zero-order valence-corrected chi connectivity index (χ0v) is 14.3. The summed E-state index contributed by atoms with van der Waals surface area (Å²) in [5.74, 6) is -0.602. The molecule has 2 atom stereocenters. The normalized spacial score (nSPS) is 24.3. The van der Waals surface area contributed by atoms with Gasteiger partial charge in [0.1, 0.15) is 11.9 Å². The van der Waals surface area contributed by atoms with Gasteiger partial charge >= 0.3 is 0 Å². The monoisotopic (exact) mass is 343 g/mol. The molecule has 8 heteroatoms. The van der Waals surface area contributed by atoms with Crippen LogP contribution in [0.1, 0.15) is 31.9 Å². The smallest absolute Gasteiger partial charge is 0.280 e. The molecule has 6 nitrogen and oxygen atoms in total. The highest BCUT2D eigenvalue weighted by Gasteiger charge is 2.41. The molecular formula is C15H22FN3O3S. The van der Waals surface area contributed by atoms with E-state index >= 15 is 0 Å². The van der Waals surface area contributed by atoms with Gasteiger partial charge in [0, 0.05) is 26.2 Å². The lowest BCUT2D eigenvalue weighted by molar-refractivity contribution is -0.135. The van der Waals surface area contributed by atoms with Crippen molar-refractivity contribution in [3.05, 3.63) is 35.6 Å². The highest BCUT2D eigenvalue weighted by Crippen LogP contribution is 2.28. The van der Waals surface area contributed by atoms with Crippen molar-refractivity contribution in [2.24, 2.45) is 0 Å². The Morgan fingerprint density at radius 2 is 1.87 bits per heavy atom. The Morgan fingerprint density at radius 3 is 2.39 bits per heavy atom. The van der Waals surface area contributed by atoms with E-state index in [2.05, 4.69) is 4.72 Å². The maximum absolute atomic E-state index is 13.1. The van der Waals surface area contributed by atoms with E-state index in [0.717, 1.165) is 4.31 Å². The minimum Gasteiger partial charge on any atom is -0.342 e. The summed E-state index contributed by atoms with van der Waals surface area (Å²) < 4.78 is 41.3. The van der Waals surface area contributed by atoms with Crippen molar-refractivity contribution in [2.75, 3.05) is 20.1 Å². The molecular weight excluding hydrogens is 321 g/mol. The fourth-order valence-electron chi connectivity index (χ4n) is 2.75. The summed E-state index contributed by atoms with van der Waals surface area (Å²) in [6, 6.07) is 4.31. The SMILES string of the molecule is CCN(CC)C(=O)[C@H]1C[C@@H](c2ccc(F)cc2)NS(=O)(=O)N1C. The summed E-state index contributed by atoms with van der Waals surface area (Å²) in [5, 5.41) is 0. The highest BCUT2D eigenvalue weighted by atomic mass is 32.2. The fourth-order valence-corrected chi connectivity index (χ4v) is 4.02. The fraction of sp³-hybridized carbons (Fsp3) is 0.533. The molecule has 1 amide bonds. The maximum atomic E-state index is 13.1. The first-order valence-electron chi connectivity index (χ1n) is 7.59. The first kappa shape index (κ1) is 17.8. The number of likely N-dealkylation sites (N-methyl/N-ethyl adjacent to an activating group) is 2. The van der Waals surface area contributed by atoms with Gasteiger partial charge in [0.2, 0.25) is 5.91 Å². The molecule has 1 N–H and O–H groups in total. The second-order valence-corrected chi connectivity index (χ2v) is 7.27. The Balaban J connectivity index is 2.32. The van der Waals surface area contributed by atoms with E-state index in [9.17, 15) is 17.6 Å². The summed E-state index contributed by atoms with van der Waals surface area (Å²) in [6.45, 7) is 4.76. The summed E-state index contributed by atoms with van der Waals surface area (Å²) in [5.41, 5.74) is 0.639. The molecule has 0 spiro atoms. The minimum absolute atomic E-state index is 0.213. The predicted octanol–water partition coefficient (Wildman–Crippen LogP) is 1.27.